The summed E-state index contributed by atoms with van der Waals surface area (Å²) in [7, 11) is 4.74. The van der Waals surface area contributed by atoms with E-state index in [1.54, 1.807) is 44.4 Å². The quantitative estimate of drug-likeness (QED) is 0.623. The van der Waals surface area contributed by atoms with Gasteiger partial charge in [0.25, 0.3) is 5.91 Å². The van der Waals surface area contributed by atoms with Crippen molar-refractivity contribution in [1.29, 1.82) is 0 Å². The molecule has 0 saturated heterocycles. The lowest BCUT2D eigenvalue weighted by atomic mass is 9.95. The van der Waals surface area contributed by atoms with Gasteiger partial charge in [0.05, 0.1) is 26.9 Å². The third kappa shape index (κ3) is 3.15. The van der Waals surface area contributed by atoms with Crippen LogP contribution >= 0.6 is 0 Å². The molecule has 30 heavy (non-hydrogen) atoms. The molecule has 0 fully saturated rings. The fourth-order valence-electron chi connectivity index (χ4n) is 3.87. The highest BCUT2D eigenvalue weighted by atomic mass is 16.5. The van der Waals surface area contributed by atoms with Crippen LogP contribution in [-0.2, 0) is 4.74 Å². The number of H-pyrrole nitrogens is 1. The number of phenolic OH excluding ortho intramolecular Hbond substituents is 1. The third-order valence-electron chi connectivity index (χ3n) is 5.28. The first kappa shape index (κ1) is 19.8. The Balaban J connectivity index is 1.89. The van der Waals surface area contributed by atoms with Gasteiger partial charge in [-0.25, -0.2) is 0 Å². The molecule has 2 N–H and O–H groups in total. The first-order valence-corrected chi connectivity index (χ1v) is 9.49. The fourth-order valence-corrected chi connectivity index (χ4v) is 3.87. The van der Waals surface area contributed by atoms with Gasteiger partial charge in [-0.05, 0) is 29.8 Å². The minimum atomic E-state index is -0.421. The third-order valence-corrected chi connectivity index (χ3v) is 5.28. The maximum Gasteiger partial charge on any atom is 0.273 e. The zero-order chi connectivity index (χ0) is 21.3. The van der Waals surface area contributed by atoms with Crippen molar-refractivity contribution < 1.29 is 24.1 Å². The highest BCUT2D eigenvalue weighted by molar-refractivity contribution is 6.00. The largest absolute Gasteiger partial charge is 0.507 e. The van der Waals surface area contributed by atoms with E-state index in [4.69, 9.17) is 14.2 Å². The molecule has 1 aliphatic rings. The van der Waals surface area contributed by atoms with Gasteiger partial charge in [0.15, 0.2) is 11.5 Å². The van der Waals surface area contributed by atoms with Crippen molar-refractivity contribution in [3.8, 4) is 28.5 Å². The lowest BCUT2D eigenvalue weighted by Gasteiger charge is -2.26. The molecule has 0 unspecified atom stereocenters. The fraction of sp³-hybridized carbons (Fsp3) is 0.273. The van der Waals surface area contributed by atoms with Gasteiger partial charge in [-0.2, -0.15) is 5.10 Å². The number of methoxy groups -OCH3 is 3. The van der Waals surface area contributed by atoms with Crippen LogP contribution in [0.5, 0.6) is 17.2 Å². The van der Waals surface area contributed by atoms with Crippen LogP contribution in [0.4, 0.5) is 0 Å². The Morgan fingerprint density at radius 2 is 1.87 bits per heavy atom. The number of hydrogen-bond acceptors (Lipinski definition) is 6. The van der Waals surface area contributed by atoms with Crippen LogP contribution in [0.3, 0.4) is 0 Å². The molecule has 0 spiro atoms. The molecule has 1 aliphatic heterocycles. The molecule has 2 heterocycles. The van der Waals surface area contributed by atoms with E-state index in [0.717, 1.165) is 5.56 Å². The predicted octanol–water partition coefficient (Wildman–Crippen LogP) is 2.99. The van der Waals surface area contributed by atoms with E-state index < -0.39 is 6.04 Å². The van der Waals surface area contributed by atoms with Crippen LogP contribution in [-0.4, -0.2) is 60.6 Å². The monoisotopic (exact) mass is 409 g/mol. The van der Waals surface area contributed by atoms with Gasteiger partial charge in [0, 0.05) is 24.8 Å². The average Bonchev–Trinajstić information content (AvgIpc) is 3.31. The molecule has 8 heteroatoms. The van der Waals surface area contributed by atoms with Crippen LogP contribution in [0.25, 0.3) is 11.3 Å². The predicted molar refractivity (Wildman–Crippen MR) is 110 cm³/mol. The summed E-state index contributed by atoms with van der Waals surface area (Å²) in [6.07, 6.45) is 0. The maximum absolute atomic E-state index is 13.2. The van der Waals surface area contributed by atoms with Gasteiger partial charge in [0.1, 0.15) is 17.1 Å². The Labute approximate surface area is 174 Å². The Morgan fingerprint density at radius 3 is 2.57 bits per heavy atom. The molecule has 3 aromatic rings. The summed E-state index contributed by atoms with van der Waals surface area (Å²) in [5, 5.41) is 17.6. The van der Waals surface area contributed by atoms with E-state index in [-0.39, 0.29) is 11.7 Å². The topological polar surface area (TPSA) is 96.9 Å². The van der Waals surface area contributed by atoms with Crippen molar-refractivity contribution >= 4 is 5.91 Å². The molecule has 1 atom stereocenters. The number of ether oxygens (including phenoxy) is 3. The zero-order valence-electron chi connectivity index (χ0n) is 17.0. The summed E-state index contributed by atoms with van der Waals surface area (Å²) < 4.78 is 16.0. The number of hydrogen-bond donors (Lipinski definition) is 2. The minimum Gasteiger partial charge on any atom is -0.507 e. The number of benzene rings is 2. The molecular weight excluding hydrogens is 386 g/mol. The van der Waals surface area contributed by atoms with E-state index >= 15 is 0 Å². The molecular formula is C22H23N3O5. The van der Waals surface area contributed by atoms with E-state index in [0.29, 0.717) is 47.2 Å². The summed E-state index contributed by atoms with van der Waals surface area (Å²) in [5.74, 6) is 1.09. The molecule has 156 valence electrons. The maximum atomic E-state index is 13.2. The lowest BCUT2D eigenvalue weighted by Crippen LogP contribution is -2.32. The van der Waals surface area contributed by atoms with Crippen LogP contribution < -0.4 is 9.47 Å². The molecule has 0 radical (unpaired) electrons. The van der Waals surface area contributed by atoms with Gasteiger partial charge in [0.2, 0.25) is 0 Å². The number of carbonyl (C=O) groups is 1. The van der Waals surface area contributed by atoms with Crippen LogP contribution in [0.15, 0.2) is 42.5 Å². The Bertz CT molecular complexity index is 1080. The van der Waals surface area contributed by atoms with E-state index in [1.165, 1.54) is 0 Å². The standard InChI is InChI=1S/C22H23N3O5/c1-28-11-10-25-21(13-8-9-16(29-2)17(12-13)30-3)18-19(23-24-20(18)22(25)27)14-6-4-5-7-15(14)26/h4-9,12,21,26H,10-11H2,1-3H3,(H,23,24)/t21-/m1/s1. The van der Waals surface area contributed by atoms with Crippen LogP contribution in [0.2, 0.25) is 0 Å². The molecule has 1 amide bonds. The molecule has 0 bridgehead atoms. The number of phenols is 1. The number of rotatable bonds is 7. The van der Waals surface area contributed by atoms with E-state index in [9.17, 15) is 9.90 Å². The number of amides is 1. The SMILES string of the molecule is COCCN1C(=O)c2[nH]nc(-c3ccccc3O)c2[C@H]1c1ccc(OC)c(OC)c1. The number of aromatic hydroxyl groups is 1. The Kier molecular flexibility index (Phi) is 5.33. The number of nitrogens with one attached hydrogen (secondary N) is 1. The number of para-hydroxylation sites is 1. The first-order valence-electron chi connectivity index (χ1n) is 9.49. The van der Waals surface area contributed by atoms with Crippen molar-refractivity contribution in [1.82, 2.24) is 15.1 Å². The van der Waals surface area contributed by atoms with Crippen LogP contribution in [0, 0.1) is 0 Å². The normalized spacial score (nSPS) is 15.4. The Hall–Kier alpha value is -3.52. The first-order chi connectivity index (χ1) is 14.6. The summed E-state index contributed by atoms with van der Waals surface area (Å²) in [4.78, 5) is 14.9. The molecule has 0 saturated carbocycles. The zero-order valence-corrected chi connectivity index (χ0v) is 17.0. The number of aromatic amines is 1. The molecule has 2 aromatic carbocycles. The number of carbonyl (C=O) groups excluding carboxylic acids is 1. The highest BCUT2D eigenvalue weighted by Gasteiger charge is 2.42. The van der Waals surface area contributed by atoms with Crippen molar-refractivity contribution in [2.75, 3.05) is 34.5 Å². The van der Waals surface area contributed by atoms with Crippen molar-refractivity contribution in [2.45, 2.75) is 6.04 Å². The lowest BCUT2D eigenvalue weighted by molar-refractivity contribution is 0.0677. The highest BCUT2D eigenvalue weighted by Crippen LogP contribution is 2.45. The molecule has 0 aliphatic carbocycles. The molecule has 4 rings (SSSR count). The summed E-state index contributed by atoms with van der Waals surface area (Å²) >= 11 is 0. The summed E-state index contributed by atoms with van der Waals surface area (Å²) in [5.41, 5.74) is 3.06. The average molecular weight is 409 g/mol. The van der Waals surface area contributed by atoms with Gasteiger partial charge < -0.3 is 24.2 Å². The second-order valence-electron chi connectivity index (χ2n) is 6.89. The van der Waals surface area contributed by atoms with E-state index in [1.807, 2.05) is 24.3 Å². The molecule has 1 aromatic heterocycles. The van der Waals surface area contributed by atoms with Crippen LogP contribution in [0.1, 0.15) is 27.7 Å². The van der Waals surface area contributed by atoms with Crippen molar-refractivity contribution in [3.63, 3.8) is 0 Å². The second-order valence-corrected chi connectivity index (χ2v) is 6.89. The summed E-state index contributed by atoms with van der Waals surface area (Å²) in [6.45, 7) is 0.788. The summed E-state index contributed by atoms with van der Waals surface area (Å²) in [6, 6.07) is 12.1. The molecule has 8 nitrogen and oxygen atoms in total. The van der Waals surface area contributed by atoms with E-state index in [2.05, 4.69) is 10.2 Å². The van der Waals surface area contributed by atoms with Gasteiger partial charge in [-0.15, -0.1) is 0 Å². The minimum absolute atomic E-state index is 0.0978. The van der Waals surface area contributed by atoms with Gasteiger partial charge >= 0.3 is 0 Å². The smallest absolute Gasteiger partial charge is 0.273 e. The second kappa shape index (κ2) is 8.08. The Morgan fingerprint density at radius 1 is 1.10 bits per heavy atom. The number of nitrogens with zero attached hydrogens (tertiary/aromatic N) is 2. The number of fused-ring (bicyclic) bond motifs is 1. The van der Waals surface area contributed by atoms with Gasteiger partial charge in [-0.1, -0.05) is 18.2 Å². The van der Waals surface area contributed by atoms with Gasteiger partial charge in [-0.3, -0.25) is 9.89 Å². The number of aromatic nitrogens is 2. The van der Waals surface area contributed by atoms with Crippen molar-refractivity contribution in [3.05, 3.63) is 59.3 Å². The van der Waals surface area contributed by atoms with Crippen molar-refractivity contribution in [2.24, 2.45) is 0 Å².